The lowest BCUT2D eigenvalue weighted by Crippen LogP contribution is -2.20. The number of hydrogen-bond donors (Lipinski definition) is 3. The molecule has 1 aromatic heterocycles. The van der Waals surface area contributed by atoms with Gasteiger partial charge in [0.25, 0.3) is 0 Å². The molecule has 7 heteroatoms. The predicted molar refractivity (Wildman–Crippen MR) is 130 cm³/mol. The fourth-order valence-corrected chi connectivity index (χ4v) is 4.51. The van der Waals surface area contributed by atoms with E-state index in [2.05, 4.69) is 22.9 Å². The van der Waals surface area contributed by atoms with Gasteiger partial charge in [-0.15, -0.1) is 0 Å². The summed E-state index contributed by atoms with van der Waals surface area (Å²) in [5, 5.41) is 12.1. The van der Waals surface area contributed by atoms with Gasteiger partial charge in [-0.1, -0.05) is 24.3 Å². The molecule has 2 atom stereocenters. The van der Waals surface area contributed by atoms with Crippen LogP contribution in [0.2, 0.25) is 0 Å². The maximum absolute atomic E-state index is 13.0. The summed E-state index contributed by atoms with van der Waals surface area (Å²) < 4.78 is 13.6. The quantitative estimate of drug-likeness (QED) is 0.264. The topological polar surface area (TPSA) is 102 Å². The number of hydrogen-bond acceptors (Lipinski definition) is 5. The zero-order valence-electron chi connectivity index (χ0n) is 19.3. The number of nitrogen functional groups attached to an aromatic ring is 1. The molecule has 7 nitrogen and oxygen atoms in total. The highest BCUT2D eigenvalue weighted by atomic mass is 16.5. The van der Waals surface area contributed by atoms with Gasteiger partial charge in [-0.05, 0) is 62.0 Å². The highest BCUT2D eigenvalue weighted by Crippen LogP contribution is 2.29. The summed E-state index contributed by atoms with van der Waals surface area (Å²) >= 11 is 0. The van der Waals surface area contributed by atoms with E-state index in [0.29, 0.717) is 18.6 Å². The van der Waals surface area contributed by atoms with Crippen molar-refractivity contribution in [1.82, 2.24) is 9.88 Å². The number of nitrogens with two attached hydrogens (primary N) is 1. The molecule has 1 fully saturated rings. The average Bonchev–Trinajstić information content (AvgIpc) is 3.44. The lowest BCUT2D eigenvalue weighted by atomic mass is 9.94. The Morgan fingerprint density at radius 1 is 1.21 bits per heavy atom. The fraction of sp³-hybridized carbons (Fsp3) is 0.385. The Hall–Kier alpha value is -3.32. The largest absolute Gasteiger partial charge is 0.489 e. The summed E-state index contributed by atoms with van der Waals surface area (Å²) in [4.78, 5) is 13.0. The third kappa shape index (κ3) is 5.03. The lowest BCUT2D eigenvalue weighted by Gasteiger charge is -2.19. The van der Waals surface area contributed by atoms with Crippen LogP contribution in [-0.2, 0) is 22.5 Å². The minimum Gasteiger partial charge on any atom is -0.489 e. The van der Waals surface area contributed by atoms with E-state index in [-0.39, 0.29) is 17.9 Å². The van der Waals surface area contributed by atoms with Crippen molar-refractivity contribution in [3.63, 3.8) is 0 Å². The summed E-state index contributed by atoms with van der Waals surface area (Å²) in [6, 6.07) is 15.7. The van der Waals surface area contributed by atoms with Crippen molar-refractivity contribution in [3.05, 3.63) is 65.4 Å². The second kappa shape index (κ2) is 10.1. The number of carbonyl (C=O) groups is 1. The van der Waals surface area contributed by atoms with Crippen LogP contribution in [0.3, 0.4) is 0 Å². The van der Waals surface area contributed by atoms with E-state index < -0.39 is 5.92 Å². The number of carbonyl (C=O) groups excluding carboxylic acids is 1. The molecule has 4 N–H and O–H groups in total. The van der Waals surface area contributed by atoms with Crippen molar-refractivity contribution in [1.29, 1.82) is 5.41 Å². The van der Waals surface area contributed by atoms with Gasteiger partial charge >= 0.3 is 5.97 Å². The van der Waals surface area contributed by atoms with Gasteiger partial charge in [0, 0.05) is 36.3 Å². The van der Waals surface area contributed by atoms with Gasteiger partial charge in [-0.3, -0.25) is 10.2 Å². The Kier molecular flexibility index (Phi) is 6.99. The van der Waals surface area contributed by atoms with Crippen LogP contribution in [-0.4, -0.2) is 42.2 Å². The van der Waals surface area contributed by atoms with Crippen molar-refractivity contribution in [2.45, 2.75) is 45.3 Å². The number of nitrogens with one attached hydrogen (secondary N) is 2. The van der Waals surface area contributed by atoms with Gasteiger partial charge in [0.2, 0.25) is 0 Å². The molecule has 2 heterocycles. The number of rotatable bonds is 9. The van der Waals surface area contributed by atoms with Crippen molar-refractivity contribution in [3.8, 4) is 5.75 Å². The fourth-order valence-electron chi connectivity index (χ4n) is 4.51. The molecule has 0 amide bonds. The second-order valence-electron chi connectivity index (χ2n) is 8.38. The Morgan fingerprint density at radius 2 is 2.00 bits per heavy atom. The first-order chi connectivity index (χ1) is 16.0. The van der Waals surface area contributed by atoms with Gasteiger partial charge in [0.15, 0.2) is 0 Å². The van der Waals surface area contributed by atoms with Crippen LogP contribution in [0.4, 0.5) is 0 Å². The third-order valence-electron chi connectivity index (χ3n) is 6.20. The predicted octanol–water partition coefficient (Wildman–Crippen LogP) is 3.58. The highest BCUT2D eigenvalue weighted by molar-refractivity contribution is 5.98. The molecule has 0 aliphatic carbocycles. The molecular formula is C26H32N4O3. The van der Waals surface area contributed by atoms with E-state index in [9.17, 15) is 4.79 Å². The average molecular weight is 449 g/mol. The van der Waals surface area contributed by atoms with E-state index in [4.69, 9.17) is 20.6 Å². The summed E-state index contributed by atoms with van der Waals surface area (Å²) in [7, 11) is 0. The number of nitrogens with zero attached hydrogens (tertiary/aromatic N) is 1. The lowest BCUT2D eigenvalue weighted by molar-refractivity contribution is -0.145. The van der Waals surface area contributed by atoms with E-state index in [1.807, 2.05) is 49.4 Å². The molecular weight excluding hydrogens is 416 g/mol. The smallest absolute Gasteiger partial charge is 0.313 e. The number of esters is 1. The molecule has 0 saturated carbocycles. The summed E-state index contributed by atoms with van der Waals surface area (Å²) in [6.45, 7) is 6.83. The Bertz CT molecular complexity index is 1130. The third-order valence-corrected chi connectivity index (χ3v) is 6.20. The molecule has 1 unspecified atom stereocenters. The van der Waals surface area contributed by atoms with Crippen LogP contribution < -0.4 is 15.8 Å². The molecule has 4 rings (SSSR count). The van der Waals surface area contributed by atoms with Crippen LogP contribution in [0.1, 0.15) is 43.0 Å². The number of ether oxygens (including phenoxy) is 2. The Morgan fingerprint density at radius 3 is 2.64 bits per heavy atom. The number of aryl methyl sites for hydroxylation is 1. The van der Waals surface area contributed by atoms with Crippen LogP contribution >= 0.6 is 0 Å². The van der Waals surface area contributed by atoms with E-state index >= 15 is 0 Å². The normalized spacial score (nSPS) is 16.6. The molecule has 2 aromatic carbocycles. The van der Waals surface area contributed by atoms with Gasteiger partial charge in [0.1, 0.15) is 17.7 Å². The molecule has 1 aliphatic rings. The number of benzene rings is 2. The molecule has 3 aromatic rings. The van der Waals surface area contributed by atoms with Gasteiger partial charge < -0.3 is 25.1 Å². The van der Waals surface area contributed by atoms with Crippen molar-refractivity contribution < 1.29 is 14.3 Å². The zero-order valence-corrected chi connectivity index (χ0v) is 19.3. The van der Waals surface area contributed by atoms with Crippen molar-refractivity contribution >= 4 is 22.7 Å². The molecule has 0 spiro atoms. The van der Waals surface area contributed by atoms with E-state index in [1.54, 1.807) is 0 Å². The van der Waals surface area contributed by atoms with Gasteiger partial charge in [-0.25, -0.2) is 0 Å². The van der Waals surface area contributed by atoms with Crippen LogP contribution in [0.25, 0.3) is 10.9 Å². The first-order valence-electron chi connectivity index (χ1n) is 11.6. The first kappa shape index (κ1) is 22.9. The maximum Gasteiger partial charge on any atom is 0.313 e. The molecule has 0 bridgehead atoms. The SMILES string of the molecule is CCOC(=O)C(Cc1cc2ccc(C(=N)N)cc2n1CC)c1ccc(O[C@@H]2CCNC2)cc1. The Labute approximate surface area is 194 Å². The summed E-state index contributed by atoms with van der Waals surface area (Å²) in [5.41, 5.74) is 9.35. The van der Waals surface area contributed by atoms with E-state index in [1.165, 1.54) is 0 Å². The van der Waals surface area contributed by atoms with Crippen LogP contribution in [0.15, 0.2) is 48.5 Å². The number of amidine groups is 1. The van der Waals surface area contributed by atoms with Gasteiger partial charge in [-0.2, -0.15) is 0 Å². The van der Waals surface area contributed by atoms with Crippen molar-refractivity contribution in [2.24, 2.45) is 5.73 Å². The summed E-state index contributed by atoms with van der Waals surface area (Å²) in [6.07, 6.45) is 1.71. The monoisotopic (exact) mass is 448 g/mol. The van der Waals surface area contributed by atoms with Crippen LogP contribution in [0, 0.1) is 5.41 Å². The van der Waals surface area contributed by atoms with Gasteiger partial charge in [0.05, 0.1) is 12.5 Å². The first-order valence-corrected chi connectivity index (χ1v) is 11.6. The molecule has 1 aliphatic heterocycles. The molecule has 174 valence electrons. The molecule has 33 heavy (non-hydrogen) atoms. The number of fused-ring (bicyclic) bond motifs is 1. The van der Waals surface area contributed by atoms with E-state index in [0.717, 1.165) is 54.0 Å². The highest BCUT2D eigenvalue weighted by Gasteiger charge is 2.25. The van der Waals surface area contributed by atoms with Crippen molar-refractivity contribution in [2.75, 3.05) is 19.7 Å². The number of aromatic nitrogens is 1. The minimum atomic E-state index is -0.422. The Balaban J connectivity index is 1.63. The molecule has 1 saturated heterocycles. The zero-order chi connectivity index (χ0) is 23.4. The standard InChI is InChI=1S/C26H32N4O3/c1-3-30-20(13-18-5-6-19(25(27)28)14-24(18)30)15-23(26(31)32-4-2)17-7-9-21(10-8-17)33-22-11-12-29-16-22/h5-10,13-14,22-23,29H,3-4,11-12,15-16H2,1-2H3,(H3,27,28)/t22-,23?/m1/s1. The van der Waals surface area contributed by atoms with Crippen LogP contribution in [0.5, 0.6) is 5.75 Å². The second-order valence-corrected chi connectivity index (χ2v) is 8.38. The maximum atomic E-state index is 13.0. The summed E-state index contributed by atoms with van der Waals surface area (Å²) in [5.74, 6) is 0.203. The minimum absolute atomic E-state index is 0.0439. The molecule has 0 radical (unpaired) electrons.